The van der Waals surface area contributed by atoms with Crippen molar-refractivity contribution in [2.24, 2.45) is 11.1 Å². The quantitative estimate of drug-likeness (QED) is 0.843. The lowest BCUT2D eigenvalue weighted by atomic mass is 10.1. The fourth-order valence-electron chi connectivity index (χ4n) is 1.81. The third kappa shape index (κ3) is 1.80. The van der Waals surface area contributed by atoms with E-state index >= 15 is 0 Å². The second kappa shape index (κ2) is 3.87. The van der Waals surface area contributed by atoms with Crippen molar-refractivity contribution in [1.29, 1.82) is 0 Å². The molecule has 1 fully saturated rings. The van der Waals surface area contributed by atoms with Crippen LogP contribution in [0.25, 0.3) is 0 Å². The number of rotatable bonds is 3. The summed E-state index contributed by atoms with van der Waals surface area (Å²) < 4.78 is 13.0. The number of carbonyl (C=O) groups is 1. The molecule has 1 aliphatic carbocycles. The summed E-state index contributed by atoms with van der Waals surface area (Å²) in [6.45, 7) is 0.367. The lowest BCUT2D eigenvalue weighted by molar-refractivity contribution is -0.123. The van der Waals surface area contributed by atoms with Crippen LogP contribution in [0.5, 0.6) is 0 Å². The maximum Gasteiger partial charge on any atom is 0.234 e. The van der Waals surface area contributed by atoms with Crippen LogP contribution in [0.1, 0.15) is 12.8 Å². The van der Waals surface area contributed by atoms with Crippen molar-refractivity contribution in [2.45, 2.75) is 12.8 Å². The van der Waals surface area contributed by atoms with Gasteiger partial charge in [0.2, 0.25) is 5.91 Å². The molecule has 0 aliphatic heterocycles. The predicted molar refractivity (Wildman–Crippen MR) is 60.5 cm³/mol. The zero-order chi connectivity index (χ0) is 11.8. The van der Waals surface area contributed by atoms with Gasteiger partial charge in [0.1, 0.15) is 5.82 Å². The summed E-state index contributed by atoms with van der Waals surface area (Å²) in [4.78, 5) is 13.6. The van der Waals surface area contributed by atoms with E-state index in [1.54, 1.807) is 19.2 Å². The molecule has 0 bridgehead atoms. The standard InChI is InChI=1S/C12H15FN2O/c1-15(10-4-2-3-9(13)7-10)11(16)12(8-14)5-6-12/h2-4,7H,5-6,8,14H2,1H3. The Kier molecular flexibility index (Phi) is 2.68. The fraction of sp³-hybridized carbons (Fsp3) is 0.417. The number of carbonyl (C=O) groups excluding carboxylic acids is 1. The number of anilines is 1. The van der Waals surface area contributed by atoms with Crippen LogP contribution in [-0.2, 0) is 4.79 Å². The molecule has 0 radical (unpaired) electrons. The molecular formula is C12H15FN2O. The van der Waals surface area contributed by atoms with E-state index in [-0.39, 0.29) is 17.1 Å². The van der Waals surface area contributed by atoms with Crippen molar-refractivity contribution in [3.8, 4) is 0 Å². The van der Waals surface area contributed by atoms with Crippen LogP contribution in [0.3, 0.4) is 0 Å². The van der Waals surface area contributed by atoms with Gasteiger partial charge in [0.05, 0.1) is 5.41 Å². The van der Waals surface area contributed by atoms with Crippen molar-refractivity contribution >= 4 is 11.6 Å². The molecule has 0 saturated heterocycles. The average Bonchev–Trinajstić information content (AvgIpc) is 3.08. The summed E-state index contributed by atoms with van der Waals surface area (Å²) in [5.41, 5.74) is 5.78. The lowest BCUT2D eigenvalue weighted by Crippen LogP contribution is -2.38. The predicted octanol–water partition coefficient (Wildman–Crippen LogP) is 1.53. The molecule has 3 nitrogen and oxygen atoms in total. The van der Waals surface area contributed by atoms with Gasteiger partial charge in [0, 0.05) is 19.3 Å². The van der Waals surface area contributed by atoms with E-state index in [4.69, 9.17) is 5.73 Å². The van der Waals surface area contributed by atoms with Gasteiger partial charge in [0.25, 0.3) is 0 Å². The SMILES string of the molecule is CN(C(=O)C1(CN)CC1)c1cccc(F)c1. The molecule has 1 aliphatic rings. The van der Waals surface area contributed by atoms with E-state index in [1.807, 2.05) is 0 Å². The van der Waals surface area contributed by atoms with Crippen molar-refractivity contribution in [2.75, 3.05) is 18.5 Å². The first-order valence-corrected chi connectivity index (χ1v) is 5.33. The summed E-state index contributed by atoms with van der Waals surface area (Å²) in [6.07, 6.45) is 1.67. The Morgan fingerprint density at radius 1 is 1.56 bits per heavy atom. The highest BCUT2D eigenvalue weighted by atomic mass is 19.1. The third-order valence-electron chi connectivity index (χ3n) is 3.20. The van der Waals surface area contributed by atoms with Crippen LogP contribution in [0, 0.1) is 11.2 Å². The van der Waals surface area contributed by atoms with Crippen LogP contribution in [0.2, 0.25) is 0 Å². The van der Waals surface area contributed by atoms with Crippen LogP contribution in [0.4, 0.5) is 10.1 Å². The minimum Gasteiger partial charge on any atom is -0.329 e. The molecule has 86 valence electrons. The monoisotopic (exact) mass is 222 g/mol. The van der Waals surface area contributed by atoms with Crippen LogP contribution in [-0.4, -0.2) is 19.5 Å². The number of amides is 1. The van der Waals surface area contributed by atoms with Gasteiger partial charge >= 0.3 is 0 Å². The Balaban J connectivity index is 2.19. The highest BCUT2D eigenvalue weighted by Gasteiger charge is 2.50. The number of hydrogen-bond donors (Lipinski definition) is 1. The second-order valence-corrected chi connectivity index (χ2v) is 4.33. The van der Waals surface area contributed by atoms with E-state index in [1.165, 1.54) is 17.0 Å². The molecule has 0 spiro atoms. The molecule has 0 heterocycles. The van der Waals surface area contributed by atoms with Crippen molar-refractivity contribution in [3.63, 3.8) is 0 Å². The van der Waals surface area contributed by atoms with E-state index in [0.717, 1.165) is 12.8 Å². The van der Waals surface area contributed by atoms with Crippen molar-refractivity contribution in [3.05, 3.63) is 30.1 Å². The largest absolute Gasteiger partial charge is 0.329 e. The zero-order valence-corrected chi connectivity index (χ0v) is 9.24. The Hall–Kier alpha value is -1.42. The summed E-state index contributed by atoms with van der Waals surface area (Å²) in [5, 5.41) is 0. The molecule has 16 heavy (non-hydrogen) atoms. The van der Waals surface area contributed by atoms with Gasteiger partial charge in [0.15, 0.2) is 0 Å². The van der Waals surface area contributed by atoms with Crippen molar-refractivity contribution < 1.29 is 9.18 Å². The Morgan fingerprint density at radius 3 is 2.75 bits per heavy atom. The highest BCUT2D eigenvalue weighted by Crippen LogP contribution is 2.46. The number of benzene rings is 1. The molecule has 1 aromatic rings. The first-order chi connectivity index (χ1) is 7.59. The summed E-state index contributed by atoms with van der Waals surface area (Å²) in [7, 11) is 1.66. The topological polar surface area (TPSA) is 46.3 Å². The van der Waals surface area contributed by atoms with Gasteiger partial charge in [-0.2, -0.15) is 0 Å². The second-order valence-electron chi connectivity index (χ2n) is 4.33. The van der Waals surface area contributed by atoms with E-state index in [0.29, 0.717) is 12.2 Å². The molecule has 1 amide bonds. The van der Waals surface area contributed by atoms with Gasteiger partial charge in [-0.15, -0.1) is 0 Å². The van der Waals surface area contributed by atoms with Gasteiger partial charge in [-0.3, -0.25) is 4.79 Å². The first-order valence-electron chi connectivity index (χ1n) is 5.33. The fourth-order valence-corrected chi connectivity index (χ4v) is 1.81. The Morgan fingerprint density at radius 2 is 2.25 bits per heavy atom. The summed E-state index contributed by atoms with van der Waals surface area (Å²) >= 11 is 0. The molecule has 2 N–H and O–H groups in total. The average molecular weight is 222 g/mol. The van der Waals surface area contributed by atoms with Crippen LogP contribution < -0.4 is 10.6 Å². The highest BCUT2D eigenvalue weighted by molar-refractivity contribution is 5.99. The number of nitrogens with two attached hydrogens (primary N) is 1. The first kappa shape index (κ1) is 11.1. The molecule has 0 aromatic heterocycles. The lowest BCUT2D eigenvalue weighted by Gasteiger charge is -2.22. The maximum absolute atomic E-state index is 13.0. The Bertz CT molecular complexity index is 415. The van der Waals surface area contributed by atoms with Gasteiger partial charge in [-0.25, -0.2) is 4.39 Å². The van der Waals surface area contributed by atoms with Gasteiger partial charge in [-0.05, 0) is 31.0 Å². The molecule has 4 heteroatoms. The molecular weight excluding hydrogens is 207 g/mol. The smallest absolute Gasteiger partial charge is 0.234 e. The normalized spacial score (nSPS) is 16.9. The number of nitrogens with zero attached hydrogens (tertiary/aromatic N) is 1. The van der Waals surface area contributed by atoms with Gasteiger partial charge in [-0.1, -0.05) is 6.07 Å². The number of halogens is 1. The molecule has 1 aromatic carbocycles. The summed E-state index contributed by atoms with van der Waals surface area (Å²) in [5.74, 6) is -0.352. The van der Waals surface area contributed by atoms with Gasteiger partial charge < -0.3 is 10.6 Å². The van der Waals surface area contributed by atoms with Crippen molar-refractivity contribution in [1.82, 2.24) is 0 Å². The Labute approximate surface area is 94.0 Å². The minimum absolute atomic E-state index is 0.0133. The van der Waals surface area contributed by atoms with Crippen LogP contribution in [0.15, 0.2) is 24.3 Å². The number of hydrogen-bond acceptors (Lipinski definition) is 2. The van der Waals surface area contributed by atoms with E-state index < -0.39 is 0 Å². The van der Waals surface area contributed by atoms with E-state index in [9.17, 15) is 9.18 Å². The van der Waals surface area contributed by atoms with Crippen LogP contribution >= 0.6 is 0 Å². The molecule has 1 saturated carbocycles. The van der Waals surface area contributed by atoms with E-state index in [2.05, 4.69) is 0 Å². The molecule has 0 unspecified atom stereocenters. The third-order valence-corrected chi connectivity index (χ3v) is 3.20. The molecule has 2 rings (SSSR count). The molecule has 0 atom stereocenters. The maximum atomic E-state index is 13.0. The zero-order valence-electron chi connectivity index (χ0n) is 9.24. The minimum atomic E-state index is -0.388. The summed E-state index contributed by atoms with van der Waals surface area (Å²) in [6, 6.07) is 6.02.